The molecule has 2 aromatic rings. The molecule has 0 aliphatic carbocycles. The molecular weight excluding hydrogens is 305 g/mol. The second kappa shape index (κ2) is 7.30. The van der Waals surface area contributed by atoms with Crippen molar-refractivity contribution in [2.24, 2.45) is 0 Å². The largest absolute Gasteiger partial charge is 0.313 e. The lowest BCUT2D eigenvalue weighted by atomic mass is 10.1. The molecule has 0 amide bonds. The van der Waals surface area contributed by atoms with Gasteiger partial charge in [-0.2, -0.15) is 5.10 Å². The number of hydrogen-bond acceptors (Lipinski definition) is 2. The fourth-order valence-corrected chi connectivity index (χ4v) is 2.88. The van der Waals surface area contributed by atoms with E-state index >= 15 is 0 Å². The molecule has 0 aliphatic heterocycles. The van der Waals surface area contributed by atoms with Crippen molar-refractivity contribution in [3.05, 3.63) is 45.7 Å². The summed E-state index contributed by atoms with van der Waals surface area (Å²) >= 11 is 12.3. The van der Waals surface area contributed by atoms with E-state index in [-0.39, 0.29) is 0 Å². The van der Waals surface area contributed by atoms with E-state index in [1.807, 2.05) is 23.0 Å². The second-order valence-corrected chi connectivity index (χ2v) is 6.24. The highest BCUT2D eigenvalue weighted by atomic mass is 35.5. The van der Waals surface area contributed by atoms with Crippen molar-refractivity contribution in [1.82, 2.24) is 15.1 Å². The molecule has 114 valence electrons. The van der Waals surface area contributed by atoms with E-state index in [4.69, 9.17) is 23.2 Å². The highest BCUT2D eigenvalue weighted by molar-refractivity contribution is 6.35. The smallest absolute Gasteiger partial charge is 0.0836 e. The lowest BCUT2D eigenvalue weighted by molar-refractivity contribution is 0.658. The zero-order valence-corrected chi connectivity index (χ0v) is 14.2. The Morgan fingerprint density at radius 1 is 1.29 bits per heavy atom. The van der Waals surface area contributed by atoms with Crippen LogP contribution in [0.3, 0.4) is 0 Å². The molecule has 0 bridgehead atoms. The van der Waals surface area contributed by atoms with Crippen LogP contribution in [0.15, 0.2) is 24.4 Å². The van der Waals surface area contributed by atoms with Crippen molar-refractivity contribution >= 4 is 23.2 Å². The van der Waals surface area contributed by atoms with Gasteiger partial charge in [0.15, 0.2) is 0 Å². The fourth-order valence-electron chi connectivity index (χ4n) is 2.39. The molecule has 0 atom stereocenters. The molecule has 21 heavy (non-hydrogen) atoms. The van der Waals surface area contributed by atoms with Crippen LogP contribution >= 0.6 is 23.2 Å². The number of nitrogens with one attached hydrogen (secondary N) is 1. The lowest BCUT2D eigenvalue weighted by Crippen LogP contribution is -2.15. The number of halogens is 2. The predicted octanol–water partition coefficient (Wildman–Crippen LogP) is 4.80. The first kappa shape index (κ1) is 16.3. The van der Waals surface area contributed by atoms with Crippen LogP contribution in [-0.4, -0.2) is 16.3 Å². The molecule has 1 aromatic carbocycles. The van der Waals surface area contributed by atoms with Gasteiger partial charge in [-0.1, -0.05) is 44.0 Å². The van der Waals surface area contributed by atoms with Gasteiger partial charge in [-0.25, -0.2) is 4.68 Å². The number of hydrogen-bond donors (Lipinski definition) is 1. The van der Waals surface area contributed by atoms with Gasteiger partial charge in [-0.05, 0) is 37.1 Å². The number of benzene rings is 1. The standard InChI is InChI=1S/C16H21Cl2N3/c1-4-7-19-9-12-10-20-21(16(12)11(2)3)15-6-5-13(17)8-14(15)18/h5-6,8,10-11,19H,4,7,9H2,1-3H3. The van der Waals surface area contributed by atoms with Crippen LogP contribution in [-0.2, 0) is 6.54 Å². The van der Waals surface area contributed by atoms with Gasteiger partial charge in [0.2, 0.25) is 0 Å². The monoisotopic (exact) mass is 325 g/mol. The van der Waals surface area contributed by atoms with Crippen LogP contribution < -0.4 is 5.32 Å². The number of aromatic nitrogens is 2. The average Bonchev–Trinajstić information content (AvgIpc) is 2.83. The highest BCUT2D eigenvalue weighted by Crippen LogP contribution is 2.29. The molecule has 0 unspecified atom stereocenters. The van der Waals surface area contributed by atoms with Gasteiger partial charge in [-0.15, -0.1) is 0 Å². The molecule has 0 radical (unpaired) electrons. The third-order valence-corrected chi connectivity index (χ3v) is 3.85. The molecule has 5 heteroatoms. The molecule has 1 heterocycles. The van der Waals surface area contributed by atoms with Gasteiger partial charge >= 0.3 is 0 Å². The molecule has 0 fully saturated rings. The summed E-state index contributed by atoms with van der Waals surface area (Å²) in [6.45, 7) is 8.32. The Morgan fingerprint density at radius 2 is 2.05 bits per heavy atom. The minimum absolute atomic E-state index is 0.359. The first-order chi connectivity index (χ1) is 10.0. The van der Waals surface area contributed by atoms with E-state index in [1.54, 1.807) is 6.07 Å². The zero-order valence-electron chi connectivity index (χ0n) is 12.7. The number of nitrogens with zero attached hydrogens (tertiary/aromatic N) is 2. The molecule has 0 aliphatic rings. The predicted molar refractivity (Wildman–Crippen MR) is 89.7 cm³/mol. The van der Waals surface area contributed by atoms with E-state index in [9.17, 15) is 0 Å². The summed E-state index contributed by atoms with van der Waals surface area (Å²) in [4.78, 5) is 0. The summed E-state index contributed by atoms with van der Waals surface area (Å²) in [5.74, 6) is 0.359. The molecule has 3 nitrogen and oxygen atoms in total. The first-order valence-electron chi connectivity index (χ1n) is 7.27. The normalized spacial score (nSPS) is 11.3. The van der Waals surface area contributed by atoms with E-state index in [0.717, 1.165) is 25.2 Å². The van der Waals surface area contributed by atoms with Crippen LogP contribution in [0.25, 0.3) is 5.69 Å². The van der Waals surface area contributed by atoms with Crippen molar-refractivity contribution in [1.29, 1.82) is 0 Å². The van der Waals surface area contributed by atoms with Gasteiger partial charge < -0.3 is 5.32 Å². The lowest BCUT2D eigenvalue weighted by Gasteiger charge is -2.14. The van der Waals surface area contributed by atoms with Gasteiger partial charge in [-0.3, -0.25) is 0 Å². The third kappa shape index (κ3) is 3.79. The van der Waals surface area contributed by atoms with E-state index in [1.165, 1.54) is 11.3 Å². The Morgan fingerprint density at radius 3 is 2.67 bits per heavy atom. The molecule has 0 saturated carbocycles. The van der Waals surface area contributed by atoms with Crippen molar-refractivity contribution < 1.29 is 0 Å². The van der Waals surface area contributed by atoms with Crippen molar-refractivity contribution in [2.75, 3.05) is 6.54 Å². The summed E-state index contributed by atoms with van der Waals surface area (Å²) in [5.41, 5.74) is 3.26. The zero-order chi connectivity index (χ0) is 15.4. The summed E-state index contributed by atoms with van der Waals surface area (Å²) in [6, 6.07) is 5.50. The molecular formula is C16H21Cl2N3. The third-order valence-electron chi connectivity index (χ3n) is 3.31. The quantitative estimate of drug-likeness (QED) is 0.773. The maximum atomic E-state index is 6.32. The molecule has 1 aromatic heterocycles. The molecule has 1 N–H and O–H groups in total. The van der Waals surface area contributed by atoms with Crippen molar-refractivity contribution in [3.8, 4) is 5.69 Å². The maximum Gasteiger partial charge on any atom is 0.0836 e. The fraction of sp³-hybridized carbons (Fsp3) is 0.438. The van der Waals surface area contributed by atoms with Crippen LogP contribution in [0, 0.1) is 0 Å². The summed E-state index contributed by atoms with van der Waals surface area (Å²) in [6.07, 6.45) is 3.04. The molecule has 0 spiro atoms. The Balaban J connectivity index is 2.39. The summed E-state index contributed by atoms with van der Waals surface area (Å²) in [7, 11) is 0. The van der Waals surface area contributed by atoms with E-state index < -0.39 is 0 Å². The van der Waals surface area contributed by atoms with Crippen molar-refractivity contribution in [2.45, 2.75) is 39.7 Å². The topological polar surface area (TPSA) is 29.9 Å². The van der Waals surface area contributed by atoms with Gasteiger partial charge in [0.05, 0.1) is 22.6 Å². The van der Waals surface area contributed by atoms with E-state index in [0.29, 0.717) is 16.0 Å². The van der Waals surface area contributed by atoms with Gasteiger partial charge in [0.25, 0.3) is 0 Å². The minimum atomic E-state index is 0.359. The SMILES string of the molecule is CCCNCc1cnn(-c2ccc(Cl)cc2Cl)c1C(C)C. The van der Waals surface area contributed by atoms with Gasteiger partial charge in [0.1, 0.15) is 0 Å². The Bertz CT molecular complexity index is 606. The molecule has 2 rings (SSSR count). The Kier molecular flexibility index (Phi) is 5.68. The van der Waals surface area contributed by atoms with Crippen LogP contribution in [0.4, 0.5) is 0 Å². The van der Waals surface area contributed by atoms with Crippen LogP contribution in [0.1, 0.15) is 44.4 Å². The van der Waals surface area contributed by atoms with Crippen molar-refractivity contribution in [3.63, 3.8) is 0 Å². The highest BCUT2D eigenvalue weighted by Gasteiger charge is 2.17. The van der Waals surface area contributed by atoms with Crippen LogP contribution in [0.5, 0.6) is 0 Å². The summed E-state index contributed by atoms with van der Waals surface area (Å²) in [5, 5.41) is 9.20. The first-order valence-corrected chi connectivity index (χ1v) is 8.03. The Hall–Kier alpha value is -1.03. The second-order valence-electron chi connectivity index (χ2n) is 5.39. The number of rotatable bonds is 6. The maximum absolute atomic E-state index is 6.32. The van der Waals surface area contributed by atoms with Gasteiger partial charge in [0, 0.05) is 17.1 Å². The van der Waals surface area contributed by atoms with Crippen LogP contribution in [0.2, 0.25) is 10.0 Å². The Labute approximate surface area is 136 Å². The molecule has 0 saturated heterocycles. The minimum Gasteiger partial charge on any atom is -0.313 e. The van der Waals surface area contributed by atoms with E-state index in [2.05, 4.69) is 31.2 Å². The average molecular weight is 326 g/mol. The summed E-state index contributed by atoms with van der Waals surface area (Å²) < 4.78 is 1.92.